The fourth-order valence-electron chi connectivity index (χ4n) is 1.39. The Kier molecular flexibility index (Phi) is 3.93. The molecule has 5 nitrogen and oxygen atoms in total. The number of aliphatic hydroxyl groups is 1. The van der Waals surface area contributed by atoms with Crippen LogP contribution in [0.1, 0.15) is 43.9 Å². The van der Waals surface area contributed by atoms with Gasteiger partial charge in [-0.25, -0.2) is 0 Å². The molecule has 96 valence electrons. The number of nitrogens with zero attached hydrogens (tertiary/aromatic N) is 2. The van der Waals surface area contributed by atoms with Gasteiger partial charge in [0.2, 0.25) is 0 Å². The van der Waals surface area contributed by atoms with E-state index in [9.17, 15) is 4.79 Å². The Balaban J connectivity index is 2.92. The molecule has 0 aliphatic rings. The number of amides is 1. The van der Waals surface area contributed by atoms with Crippen molar-refractivity contribution in [1.82, 2.24) is 15.1 Å². The van der Waals surface area contributed by atoms with Gasteiger partial charge >= 0.3 is 0 Å². The number of aliphatic hydroxyl groups excluding tert-OH is 1. The van der Waals surface area contributed by atoms with E-state index < -0.39 is 0 Å². The van der Waals surface area contributed by atoms with E-state index in [1.165, 1.54) is 0 Å². The normalized spacial score (nSPS) is 13.5. The average molecular weight is 239 g/mol. The zero-order valence-corrected chi connectivity index (χ0v) is 11.1. The molecule has 1 rings (SSSR count). The van der Waals surface area contributed by atoms with E-state index in [-0.39, 0.29) is 24.0 Å². The van der Waals surface area contributed by atoms with Crippen molar-refractivity contribution in [3.8, 4) is 0 Å². The second-order valence-corrected chi connectivity index (χ2v) is 5.35. The molecule has 0 fully saturated rings. The van der Waals surface area contributed by atoms with Gasteiger partial charge in [-0.1, -0.05) is 20.8 Å². The third-order valence-electron chi connectivity index (χ3n) is 2.53. The summed E-state index contributed by atoms with van der Waals surface area (Å²) in [5, 5.41) is 15.9. The van der Waals surface area contributed by atoms with E-state index in [4.69, 9.17) is 5.11 Å². The highest BCUT2D eigenvalue weighted by molar-refractivity contribution is 5.92. The van der Waals surface area contributed by atoms with Crippen molar-refractivity contribution >= 4 is 5.91 Å². The minimum absolute atomic E-state index is 0.0737. The molecule has 5 heteroatoms. The lowest BCUT2D eigenvalue weighted by atomic mass is 9.92. The van der Waals surface area contributed by atoms with Crippen LogP contribution < -0.4 is 5.32 Å². The van der Waals surface area contributed by atoms with E-state index in [2.05, 4.69) is 10.4 Å². The van der Waals surface area contributed by atoms with Crippen LogP contribution in [0.15, 0.2) is 6.07 Å². The second-order valence-electron chi connectivity index (χ2n) is 5.35. The van der Waals surface area contributed by atoms with Gasteiger partial charge < -0.3 is 10.4 Å². The monoisotopic (exact) mass is 239 g/mol. The Morgan fingerprint density at radius 2 is 2.18 bits per heavy atom. The summed E-state index contributed by atoms with van der Waals surface area (Å²) in [6, 6.07) is 1.54. The number of hydrogen-bond acceptors (Lipinski definition) is 3. The molecule has 0 saturated heterocycles. The first-order valence-corrected chi connectivity index (χ1v) is 5.72. The first kappa shape index (κ1) is 13.7. The van der Waals surface area contributed by atoms with Gasteiger partial charge in [0.15, 0.2) is 0 Å². The van der Waals surface area contributed by atoms with Crippen LogP contribution in [0, 0.1) is 0 Å². The highest BCUT2D eigenvalue weighted by atomic mass is 16.3. The highest BCUT2D eigenvalue weighted by Gasteiger charge is 2.22. The summed E-state index contributed by atoms with van der Waals surface area (Å²) in [4.78, 5) is 11.9. The SMILES string of the molecule is C[C@H](CO)NC(=O)c1cc(C(C)(C)C)nn1C. The lowest BCUT2D eigenvalue weighted by Gasteiger charge is -2.13. The molecule has 0 bridgehead atoms. The van der Waals surface area contributed by atoms with E-state index in [0.29, 0.717) is 5.69 Å². The standard InChI is InChI=1S/C12H21N3O2/c1-8(7-16)13-11(17)9-6-10(12(2,3)4)14-15(9)5/h6,8,16H,7H2,1-5H3,(H,13,17)/t8-/m1/s1. The van der Waals surface area contributed by atoms with Gasteiger partial charge in [-0.3, -0.25) is 9.48 Å². The van der Waals surface area contributed by atoms with Crippen LogP contribution in [0.3, 0.4) is 0 Å². The zero-order valence-electron chi connectivity index (χ0n) is 11.1. The largest absolute Gasteiger partial charge is 0.394 e. The van der Waals surface area contributed by atoms with Crippen LogP contribution in [0.25, 0.3) is 0 Å². The molecule has 0 unspecified atom stereocenters. The van der Waals surface area contributed by atoms with Crippen LogP contribution in [-0.4, -0.2) is 33.4 Å². The van der Waals surface area contributed by atoms with Crippen LogP contribution in [0.5, 0.6) is 0 Å². The number of carbonyl (C=O) groups is 1. The first-order valence-electron chi connectivity index (χ1n) is 5.72. The Bertz CT molecular complexity index is 404. The maximum atomic E-state index is 11.9. The molecular formula is C12H21N3O2. The summed E-state index contributed by atoms with van der Waals surface area (Å²) in [7, 11) is 1.74. The van der Waals surface area contributed by atoms with Gasteiger partial charge in [0, 0.05) is 18.5 Å². The third kappa shape index (κ3) is 3.30. The molecule has 0 saturated carbocycles. The van der Waals surface area contributed by atoms with Crippen molar-refractivity contribution in [3.63, 3.8) is 0 Å². The fourth-order valence-corrected chi connectivity index (χ4v) is 1.39. The van der Waals surface area contributed by atoms with E-state index >= 15 is 0 Å². The zero-order chi connectivity index (χ0) is 13.2. The smallest absolute Gasteiger partial charge is 0.269 e. The molecular weight excluding hydrogens is 218 g/mol. The molecule has 2 N–H and O–H groups in total. The maximum Gasteiger partial charge on any atom is 0.269 e. The molecule has 0 spiro atoms. The molecule has 1 heterocycles. The minimum atomic E-state index is -0.254. The van der Waals surface area contributed by atoms with Gasteiger partial charge in [-0.2, -0.15) is 5.10 Å². The van der Waals surface area contributed by atoms with Crippen LogP contribution in [0.4, 0.5) is 0 Å². The number of aryl methyl sites for hydroxylation is 1. The molecule has 17 heavy (non-hydrogen) atoms. The summed E-state index contributed by atoms with van der Waals surface area (Å²) >= 11 is 0. The van der Waals surface area contributed by atoms with Crippen molar-refractivity contribution in [1.29, 1.82) is 0 Å². The van der Waals surface area contributed by atoms with Crippen molar-refractivity contribution in [2.24, 2.45) is 7.05 Å². The molecule has 1 amide bonds. The molecule has 0 aliphatic carbocycles. The summed E-state index contributed by atoms with van der Waals surface area (Å²) < 4.78 is 1.57. The van der Waals surface area contributed by atoms with Crippen molar-refractivity contribution in [2.45, 2.75) is 39.2 Å². The summed E-state index contributed by atoms with van der Waals surface area (Å²) in [6.45, 7) is 7.82. The quantitative estimate of drug-likeness (QED) is 0.821. The predicted octanol–water partition coefficient (Wildman–Crippen LogP) is 0.828. The lowest BCUT2D eigenvalue weighted by Crippen LogP contribution is -2.36. The molecule has 1 atom stereocenters. The predicted molar refractivity (Wildman–Crippen MR) is 65.9 cm³/mol. The van der Waals surface area contributed by atoms with Gasteiger partial charge in [-0.05, 0) is 13.0 Å². The van der Waals surface area contributed by atoms with Gasteiger partial charge in [-0.15, -0.1) is 0 Å². The van der Waals surface area contributed by atoms with Crippen molar-refractivity contribution < 1.29 is 9.90 Å². The van der Waals surface area contributed by atoms with Crippen LogP contribution >= 0.6 is 0 Å². The van der Waals surface area contributed by atoms with E-state index in [1.54, 1.807) is 24.7 Å². The Hall–Kier alpha value is -1.36. The van der Waals surface area contributed by atoms with Gasteiger partial charge in [0.05, 0.1) is 12.3 Å². The summed E-state index contributed by atoms with van der Waals surface area (Å²) in [5.41, 5.74) is 1.30. The maximum absolute atomic E-state index is 11.9. The second kappa shape index (κ2) is 4.87. The molecule has 1 aromatic heterocycles. The van der Waals surface area contributed by atoms with Crippen LogP contribution in [-0.2, 0) is 12.5 Å². The first-order chi connectivity index (χ1) is 7.75. The number of hydrogen-bond donors (Lipinski definition) is 2. The fraction of sp³-hybridized carbons (Fsp3) is 0.667. The van der Waals surface area contributed by atoms with E-state index in [0.717, 1.165) is 5.69 Å². The Labute approximate surface area is 102 Å². The average Bonchev–Trinajstić information content (AvgIpc) is 2.59. The number of aromatic nitrogens is 2. The Morgan fingerprint density at radius 3 is 2.59 bits per heavy atom. The van der Waals surface area contributed by atoms with E-state index in [1.807, 2.05) is 20.8 Å². The number of carbonyl (C=O) groups excluding carboxylic acids is 1. The third-order valence-corrected chi connectivity index (χ3v) is 2.53. The molecule has 0 radical (unpaired) electrons. The summed E-state index contributed by atoms with van der Waals surface area (Å²) in [6.07, 6.45) is 0. The van der Waals surface area contributed by atoms with Crippen molar-refractivity contribution in [3.05, 3.63) is 17.5 Å². The van der Waals surface area contributed by atoms with Gasteiger partial charge in [0.25, 0.3) is 5.91 Å². The van der Waals surface area contributed by atoms with Crippen molar-refractivity contribution in [2.75, 3.05) is 6.61 Å². The van der Waals surface area contributed by atoms with Crippen LogP contribution in [0.2, 0.25) is 0 Å². The number of rotatable bonds is 3. The topological polar surface area (TPSA) is 67.2 Å². The lowest BCUT2D eigenvalue weighted by molar-refractivity contribution is 0.0913. The molecule has 0 aliphatic heterocycles. The number of nitrogens with one attached hydrogen (secondary N) is 1. The Morgan fingerprint density at radius 1 is 1.59 bits per heavy atom. The highest BCUT2D eigenvalue weighted by Crippen LogP contribution is 2.21. The molecule has 1 aromatic rings. The molecule has 0 aromatic carbocycles. The minimum Gasteiger partial charge on any atom is -0.394 e. The summed E-state index contributed by atoms with van der Waals surface area (Å²) in [5.74, 6) is -0.211. The van der Waals surface area contributed by atoms with Gasteiger partial charge in [0.1, 0.15) is 5.69 Å².